The second kappa shape index (κ2) is 5.06. The summed E-state index contributed by atoms with van der Waals surface area (Å²) >= 11 is 0. The quantitative estimate of drug-likeness (QED) is 0.888. The largest absolute Gasteiger partial charge is 0.388 e. The highest BCUT2D eigenvalue weighted by molar-refractivity contribution is 5.23. The summed E-state index contributed by atoms with van der Waals surface area (Å²) in [5, 5.41) is 9.75. The lowest BCUT2D eigenvalue weighted by atomic mass is 10.0. The standard InChI is InChI=1S/C12H13F3O2/c13-7-4-9(14)12(10(15)5-7)11(16)6-8-2-1-3-17-8/h4-5,8,11,16H,1-3,6H2. The molecule has 1 aromatic carbocycles. The van der Waals surface area contributed by atoms with Crippen LogP contribution in [0.25, 0.3) is 0 Å². The Morgan fingerprint density at radius 1 is 1.29 bits per heavy atom. The smallest absolute Gasteiger partial charge is 0.134 e. The monoisotopic (exact) mass is 246 g/mol. The van der Waals surface area contributed by atoms with Crippen molar-refractivity contribution >= 4 is 0 Å². The summed E-state index contributed by atoms with van der Waals surface area (Å²) < 4.78 is 44.7. The number of benzene rings is 1. The number of rotatable bonds is 3. The van der Waals surface area contributed by atoms with Gasteiger partial charge in [0.25, 0.3) is 0 Å². The van der Waals surface area contributed by atoms with E-state index in [9.17, 15) is 18.3 Å². The summed E-state index contributed by atoms with van der Waals surface area (Å²) in [4.78, 5) is 0. The second-order valence-electron chi connectivity index (χ2n) is 4.17. The first-order valence-corrected chi connectivity index (χ1v) is 5.52. The van der Waals surface area contributed by atoms with Crippen molar-refractivity contribution in [2.45, 2.75) is 31.5 Å². The molecule has 2 atom stereocenters. The summed E-state index contributed by atoms with van der Waals surface area (Å²) in [5.41, 5.74) is -0.484. The third-order valence-electron chi connectivity index (χ3n) is 2.89. The average Bonchev–Trinajstić information content (AvgIpc) is 2.68. The molecule has 1 aromatic rings. The number of aliphatic hydroxyl groups excluding tert-OH is 1. The lowest BCUT2D eigenvalue weighted by Crippen LogP contribution is -2.14. The van der Waals surface area contributed by atoms with Crippen molar-refractivity contribution < 1.29 is 23.0 Å². The zero-order valence-corrected chi connectivity index (χ0v) is 9.13. The van der Waals surface area contributed by atoms with Gasteiger partial charge in [-0.25, -0.2) is 13.2 Å². The van der Waals surface area contributed by atoms with Gasteiger partial charge >= 0.3 is 0 Å². The van der Waals surface area contributed by atoms with Gasteiger partial charge in [0.05, 0.1) is 17.8 Å². The molecular formula is C12H13F3O2. The minimum Gasteiger partial charge on any atom is -0.388 e. The maximum Gasteiger partial charge on any atom is 0.134 e. The zero-order valence-electron chi connectivity index (χ0n) is 9.13. The summed E-state index contributed by atoms with van der Waals surface area (Å²) in [6.45, 7) is 0.603. The number of halogens is 3. The Bertz CT molecular complexity index is 380. The summed E-state index contributed by atoms with van der Waals surface area (Å²) in [6.07, 6.45) is 0.278. The molecule has 1 aliphatic heterocycles. The van der Waals surface area contributed by atoms with E-state index in [0.29, 0.717) is 18.7 Å². The van der Waals surface area contributed by atoms with E-state index < -0.39 is 29.1 Å². The second-order valence-corrected chi connectivity index (χ2v) is 4.17. The van der Waals surface area contributed by atoms with Crippen LogP contribution in [0.4, 0.5) is 13.2 Å². The number of aliphatic hydroxyl groups is 1. The Labute approximate surface area is 97.0 Å². The first kappa shape index (κ1) is 12.4. The Morgan fingerprint density at radius 2 is 1.94 bits per heavy atom. The predicted molar refractivity (Wildman–Crippen MR) is 54.9 cm³/mol. The van der Waals surface area contributed by atoms with Crippen molar-refractivity contribution in [3.05, 3.63) is 35.1 Å². The molecule has 2 rings (SSSR count). The molecule has 0 radical (unpaired) electrons. The average molecular weight is 246 g/mol. The van der Waals surface area contributed by atoms with Crippen LogP contribution in [-0.4, -0.2) is 17.8 Å². The van der Waals surface area contributed by atoms with Gasteiger partial charge in [0, 0.05) is 25.2 Å². The number of hydrogen-bond acceptors (Lipinski definition) is 2. The van der Waals surface area contributed by atoms with Gasteiger partial charge in [0.2, 0.25) is 0 Å². The minimum absolute atomic E-state index is 0.124. The number of hydrogen-bond donors (Lipinski definition) is 1. The van der Waals surface area contributed by atoms with E-state index in [1.165, 1.54) is 0 Å². The Hall–Kier alpha value is -1.07. The van der Waals surface area contributed by atoms with Crippen molar-refractivity contribution in [1.29, 1.82) is 0 Å². The molecule has 2 unspecified atom stereocenters. The van der Waals surface area contributed by atoms with Crippen molar-refractivity contribution in [1.82, 2.24) is 0 Å². The lowest BCUT2D eigenvalue weighted by molar-refractivity contribution is 0.0507. The summed E-state index contributed by atoms with van der Waals surface area (Å²) in [6, 6.07) is 1.13. The number of ether oxygens (including phenoxy) is 1. The van der Waals surface area contributed by atoms with Crippen LogP contribution in [0, 0.1) is 17.5 Å². The first-order chi connectivity index (χ1) is 8.08. The minimum atomic E-state index is -1.31. The van der Waals surface area contributed by atoms with Crippen LogP contribution < -0.4 is 0 Å². The van der Waals surface area contributed by atoms with Crippen LogP contribution in [0.15, 0.2) is 12.1 Å². The molecule has 0 aliphatic carbocycles. The van der Waals surface area contributed by atoms with Crippen LogP contribution in [0.1, 0.15) is 30.9 Å². The molecular weight excluding hydrogens is 233 g/mol. The summed E-state index contributed by atoms with van der Waals surface area (Å²) in [7, 11) is 0. The molecule has 0 amide bonds. The van der Waals surface area contributed by atoms with Gasteiger partial charge in [-0.15, -0.1) is 0 Å². The van der Waals surface area contributed by atoms with Gasteiger partial charge in [-0.1, -0.05) is 0 Å². The summed E-state index contributed by atoms with van der Waals surface area (Å²) in [5.74, 6) is -3.12. The van der Waals surface area contributed by atoms with Crippen molar-refractivity contribution in [2.75, 3.05) is 6.61 Å². The Kier molecular flexibility index (Phi) is 3.69. The molecule has 2 nitrogen and oxygen atoms in total. The van der Waals surface area contributed by atoms with E-state index >= 15 is 0 Å². The van der Waals surface area contributed by atoms with Crippen LogP contribution in [0.3, 0.4) is 0 Å². The third-order valence-corrected chi connectivity index (χ3v) is 2.89. The molecule has 94 valence electrons. The maximum atomic E-state index is 13.4. The van der Waals surface area contributed by atoms with Gasteiger partial charge in [-0.3, -0.25) is 0 Å². The fourth-order valence-electron chi connectivity index (χ4n) is 2.07. The first-order valence-electron chi connectivity index (χ1n) is 5.52. The van der Waals surface area contributed by atoms with Crippen LogP contribution in [-0.2, 0) is 4.74 Å². The highest BCUT2D eigenvalue weighted by atomic mass is 19.1. The van der Waals surface area contributed by atoms with Gasteiger partial charge in [0.1, 0.15) is 17.5 Å². The molecule has 0 spiro atoms. The molecule has 1 heterocycles. The van der Waals surface area contributed by atoms with Crippen molar-refractivity contribution in [2.24, 2.45) is 0 Å². The SMILES string of the molecule is OC(CC1CCCO1)c1c(F)cc(F)cc1F. The fourth-order valence-corrected chi connectivity index (χ4v) is 2.07. The highest BCUT2D eigenvalue weighted by Crippen LogP contribution is 2.28. The van der Waals surface area contributed by atoms with E-state index in [2.05, 4.69) is 0 Å². The third kappa shape index (κ3) is 2.79. The van der Waals surface area contributed by atoms with Gasteiger partial charge in [0.15, 0.2) is 0 Å². The van der Waals surface area contributed by atoms with E-state index in [1.54, 1.807) is 0 Å². The molecule has 1 fully saturated rings. The molecule has 17 heavy (non-hydrogen) atoms. The zero-order chi connectivity index (χ0) is 12.4. The molecule has 0 bridgehead atoms. The molecule has 1 saturated heterocycles. The van der Waals surface area contributed by atoms with Gasteiger partial charge < -0.3 is 9.84 Å². The van der Waals surface area contributed by atoms with Crippen LogP contribution in [0.2, 0.25) is 0 Å². The molecule has 0 saturated carbocycles. The topological polar surface area (TPSA) is 29.5 Å². The van der Waals surface area contributed by atoms with Crippen LogP contribution in [0.5, 0.6) is 0 Å². The Morgan fingerprint density at radius 3 is 2.47 bits per heavy atom. The normalized spacial score (nSPS) is 21.8. The van der Waals surface area contributed by atoms with E-state index in [0.717, 1.165) is 12.8 Å². The lowest BCUT2D eigenvalue weighted by Gasteiger charge is -2.16. The molecule has 1 aliphatic rings. The van der Waals surface area contributed by atoms with Crippen molar-refractivity contribution in [3.8, 4) is 0 Å². The fraction of sp³-hybridized carbons (Fsp3) is 0.500. The van der Waals surface area contributed by atoms with E-state index in [1.807, 2.05) is 0 Å². The maximum absolute atomic E-state index is 13.4. The van der Waals surface area contributed by atoms with E-state index in [-0.39, 0.29) is 12.5 Å². The van der Waals surface area contributed by atoms with E-state index in [4.69, 9.17) is 4.74 Å². The molecule has 0 aromatic heterocycles. The highest BCUT2D eigenvalue weighted by Gasteiger charge is 2.25. The Balaban J connectivity index is 2.15. The predicted octanol–water partition coefficient (Wildman–Crippen LogP) is 2.71. The van der Waals surface area contributed by atoms with Crippen molar-refractivity contribution in [3.63, 3.8) is 0 Å². The van der Waals surface area contributed by atoms with Crippen LogP contribution >= 0.6 is 0 Å². The molecule has 1 N–H and O–H groups in total. The molecule has 5 heteroatoms. The van der Waals surface area contributed by atoms with Gasteiger partial charge in [-0.2, -0.15) is 0 Å². The van der Waals surface area contributed by atoms with Gasteiger partial charge in [-0.05, 0) is 12.8 Å².